The molecule has 0 aromatic heterocycles. The Morgan fingerprint density at radius 2 is 1.61 bits per heavy atom. The van der Waals surface area contributed by atoms with Gasteiger partial charge in [0.2, 0.25) is 0 Å². The Kier molecular flexibility index (Phi) is 4.35. The van der Waals surface area contributed by atoms with Crippen LogP contribution in [-0.4, -0.2) is 0 Å². The molecule has 0 aliphatic heterocycles. The Balaban J connectivity index is 1.91. The van der Waals surface area contributed by atoms with Crippen LogP contribution in [0.2, 0.25) is 0 Å². The van der Waals surface area contributed by atoms with E-state index in [0.717, 1.165) is 5.56 Å². The fourth-order valence-corrected chi connectivity index (χ4v) is 2.35. The second-order valence-corrected chi connectivity index (χ2v) is 5.08. The molecule has 0 saturated carbocycles. The van der Waals surface area contributed by atoms with Crippen LogP contribution < -0.4 is 4.74 Å². The lowest BCUT2D eigenvalue weighted by molar-refractivity contribution is 0.307. The van der Waals surface area contributed by atoms with Gasteiger partial charge in [0.25, 0.3) is 0 Å². The second-order valence-electron chi connectivity index (χ2n) is 5.08. The summed E-state index contributed by atoms with van der Waals surface area (Å²) < 4.78 is 20.1. The van der Waals surface area contributed by atoms with E-state index < -0.39 is 5.82 Å². The monoisotopic (exact) mass is 303 g/mol. The lowest BCUT2D eigenvalue weighted by Crippen LogP contribution is -1.97. The number of ether oxygens (including phenoxy) is 1. The zero-order valence-corrected chi connectivity index (χ0v) is 12.4. The van der Waals surface area contributed by atoms with Crippen molar-refractivity contribution < 1.29 is 9.13 Å². The van der Waals surface area contributed by atoms with Crippen molar-refractivity contribution >= 4 is 0 Å². The highest BCUT2D eigenvalue weighted by Crippen LogP contribution is 2.32. The van der Waals surface area contributed by atoms with Crippen LogP contribution in [-0.2, 0) is 6.61 Å². The average Bonchev–Trinajstić information content (AvgIpc) is 2.61. The number of para-hydroxylation sites is 1. The minimum atomic E-state index is -0.431. The minimum absolute atomic E-state index is 0.300. The van der Waals surface area contributed by atoms with Crippen molar-refractivity contribution in [3.63, 3.8) is 0 Å². The molecule has 0 N–H and O–H groups in total. The number of halogens is 1. The first-order chi connectivity index (χ1) is 11.3. The first-order valence-electron chi connectivity index (χ1n) is 7.24. The summed E-state index contributed by atoms with van der Waals surface area (Å²) in [4.78, 5) is 0. The van der Waals surface area contributed by atoms with Crippen molar-refractivity contribution in [2.24, 2.45) is 0 Å². The zero-order valence-electron chi connectivity index (χ0n) is 12.4. The molecule has 0 atom stereocenters. The van der Waals surface area contributed by atoms with Gasteiger partial charge in [-0.05, 0) is 29.8 Å². The van der Waals surface area contributed by atoms with Crippen LogP contribution in [0.1, 0.15) is 11.1 Å². The third-order valence-electron chi connectivity index (χ3n) is 3.51. The van der Waals surface area contributed by atoms with Crippen LogP contribution in [0.4, 0.5) is 4.39 Å². The number of hydrogen-bond donors (Lipinski definition) is 0. The summed E-state index contributed by atoms with van der Waals surface area (Å²) in [6, 6.07) is 23.5. The fourth-order valence-electron chi connectivity index (χ4n) is 2.35. The van der Waals surface area contributed by atoms with Gasteiger partial charge in [-0.15, -0.1) is 0 Å². The molecule has 3 aromatic rings. The molecule has 0 fully saturated rings. The molecule has 0 spiro atoms. The van der Waals surface area contributed by atoms with Crippen molar-refractivity contribution in [1.29, 1.82) is 5.26 Å². The fraction of sp³-hybridized carbons (Fsp3) is 0.0500. The Bertz CT molecular complexity index is 853. The Labute approximate surface area is 134 Å². The molecule has 3 rings (SSSR count). The Morgan fingerprint density at radius 1 is 0.870 bits per heavy atom. The molecule has 0 aliphatic rings. The molecule has 0 heterocycles. The van der Waals surface area contributed by atoms with Gasteiger partial charge in [0.15, 0.2) is 0 Å². The number of nitriles is 1. The third-order valence-corrected chi connectivity index (χ3v) is 3.51. The maximum absolute atomic E-state index is 14.3. The summed E-state index contributed by atoms with van der Waals surface area (Å²) in [5.74, 6) is 0.180. The summed E-state index contributed by atoms with van der Waals surface area (Å²) in [6.07, 6.45) is 0. The van der Waals surface area contributed by atoms with Gasteiger partial charge in [-0.2, -0.15) is 5.26 Å². The van der Waals surface area contributed by atoms with Gasteiger partial charge in [0, 0.05) is 11.1 Å². The van der Waals surface area contributed by atoms with Crippen molar-refractivity contribution in [2.45, 2.75) is 6.61 Å². The smallest absolute Gasteiger partial charge is 0.132 e. The van der Waals surface area contributed by atoms with Crippen LogP contribution in [0.25, 0.3) is 11.1 Å². The van der Waals surface area contributed by atoms with Crippen LogP contribution in [0.3, 0.4) is 0 Å². The standard InChI is InChI=1S/C20H14FNO/c21-19-12-16(13-22)10-11-17(19)18-8-4-5-9-20(18)23-14-15-6-2-1-3-7-15/h1-12H,14H2. The summed E-state index contributed by atoms with van der Waals surface area (Å²) in [5.41, 5.74) is 2.44. The van der Waals surface area contributed by atoms with Crippen molar-refractivity contribution in [3.05, 3.63) is 89.7 Å². The van der Waals surface area contributed by atoms with E-state index in [1.165, 1.54) is 6.07 Å². The van der Waals surface area contributed by atoms with Gasteiger partial charge in [0.05, 0.1) is 11.6 Å². The van der Waals surface area contributed by atoms with Crippen LogP contribution in [0.5, 0.6) is 5.75 Å². The topological polar surface area (TPSA) is 33.0 Å². The highest BCUT2D eigenvalue weighted by atomic mass is 19.1. The van der Waals surface area contributed by atoms with Gasteiger partial charge in [-0.25, -0.2) is 4.39 Å². The van der Waals surface area contributed by atoms with Crippen LogP contribution >= 0.6 is 0 Å². The lowest BCUT2D eigenvalue weighted by Gasteiger charge is -2.12. The zero-order chi connectivity index (χ0) is 16.1. The van der Waals surface area contributed by atoms with Crippen LogP contribution in [0.15, 0.2) is 72.8 Å². The van der Waals surface area contributed by atoms with Gasteiger partial charge in [-0.3, -0.25) is 0 Å². The van der Waals surface area contributed by atoms with E-state index in [1.807, 2.05) is 60.7 Å². The van der Waals surface area contributed by atoms with Crippen molar-refractivity contribution in [2.75, 3.05) is 0 Å². The van der Waals surface area contributed by atoms with E-state index in [2.05, 4.69) is 0 Å². The lowest BCUT2D eigenvalue weighted by atomic mass is 10.0. The molecule has 2 nitrogen and oxygen atoms in total. The Hall–Kier alpha value is -3.12. The van der Waals surface area contributed by atoms with E-state index in [1.54, 1.807) is 12.1 Å². The molecule has 112 valence electrons. The first-order valence-corrected chi connectivity index (χ1v) is 7.24. The van der Waals surface area contributed by atoms with E-state index in [-0.39, 0.29) is 0 Å². The number of benzene rings is 3. The second kappa shape index (κ2) is 6.76. The van der Waals surface area contributed by atoms with E-state index in [4.69, 9.17) is 10.00 Å². The van der Waals surface area contributed by atoms with E-state index in [9.17, 15) is 4.39 Å². The minimum Gasteiger partial charge on any atom is -0.488 e. The molecule has 0 amide bonds. The average molecular weight is 303 g/mol. The SMILES string of the molecule is N#Cc1ccc(-c2ccccc2OCc2ccccc2)c(F)c1. The maximum Gasteiger partial charge on any atom is 0.132 e. The summed E-state index contributed by atoms with van der Waals surface area (Å²) in [6.45, 7) is 0.412. The van der Waals surface area contributed by atoms with Gasteiger partial charge in [0.1, 0.15) is 18.2 Å². The van der Waals surface area contributed by atoms with E-state index >= 15 is 0 Å². The quantitative estimate of drug-likeness (QED) is 0.683. The normalized spacial score (nSPS) is 10.1. The predicted molar refractivity (Wildman–Crippen MR) is 87.3 cm³/mol. The summed E-state index contributed by atoms with van der Waals surface area (Å²) >= 11 is 0. The Morgan fingerprint density at radius 3 is 2.35 bits per heavy atom. The molecular formula is C20H14FNO. The van der Waals surface area contributed by atoms with Crippen molar-refractivity contribution in [3.8, 4) is 22.9 Å². The molecule has 3 heteroatoms. The van der Waals surface area contributed by atoms with E-state index in [0.29, 0.717) is 29.0 Å². The molecular weight excluding hydrogens is 289 g/mol. The molecule has 0 saturated heterocycles. The molecule has 0 aliphatic carbocycles. The molecule has 0 bridgehead atoms. The highest BCUT2D eigenvalue weighted by Gasteiger charge is 2.11. The third kappa shape index (κ3) is 3.38. The van der Waals surface area contributed by atoms with Gasteiger partial charge < -0.3 is 4.74 Å². The number of nitrogens with zero attached hydrogens (tertiary/aromatic N) is 1. The molecule has 0 radical (unpaired) electrons. The maximum atomic E-state index is 14.3. The molecule has 3 aromatic carbocycles. The summed E-state index contributed by atoms with van der Waals surface area (Å²) in [7, 11) is 0. The highest BCUT2D eigenvalue weighted by molar-refractivity contribution is 5.71. The molecule has 0 unspecified atom stereocenters. The van der Waals surface area contributed by atoms with Crippen LogP contribution in [0, 0.1) is 17.1 Å². The summed E-state index contributed by atoms with van der Waals surface area (Å²) in [5, 5.41) is 8.85. The largest absolute Gasteiger partial charge is 0.488 e. The first kappa shape index (κ1) is 14.8. The molecule has 23 heavy (non-hydrogen) atoms. The number of rotatable bonds is 4. The van der Waals surface area contributed by atoms with Gasteiger partial charge in [-0.1, -0.05) is 48.5 Å². The predicted octanol–water partition coefficient (Wildman–Crippen LogP) is 4.94. The number of hydrogen-bond acceptors (Lipinski definition) is 2. The van der Waals surface area contributed by atoms with Gasteiger partial charge >= 0.3 is 0 Å². The van der Waals surface area contributed by atoms with Crippen molar-refractivity contribution in [1.82, 2.24) is 0 Å².